The molecule has 4 aromatic rings. The van der Waals surface area contributed by atoms with Crippen LogP contribution in [0.25, 0.3) is 5.82 Å². The summed E-state index contributed by atoms with van der Waals surface area (Å²) < 4.78 is 21.1. The lowest BCUT2D eigenvalue weighted by molar-refractivity contribution is 0.262. The van der Waals surface area contributed by atoms with Crippen molar-refractivity contribution in [1.82, 2.24) is 20.0 Å². The monoisotopic (exact) mass is 446 g/mol. The van der Waals surface area contributed by atoms with Gasteiger partial charge in [-0.3, -0.25) is 0 Å². The number of amides is 2. The molecule has 2 aromatic heterocycles. The van der Waals surface area contributed by atoms with Crippen molar-refractivity contribution < 1.29 is 13.9 Å². The summed E-state index contributed by atoms with van der Waals surface area (Å²) in [7, 11) is 0. The van der Waals surface area contributed by atoms with Crippen molar-refractivity contribution >= 4 is 17.4 Å². The summed E-state index contributed by atoms with van der Waals surface area (Å²) in [5.41, 5.74) is 4.50. The zero-order chi connectivity index (χ0) is 23.5. The molecular formula is C24H23FN6O2. The first kappa shape index (κ1) is 21.9. The van der Waals surface area contributed by atoms with Crippen molar-refractivity contribution in [2.24, 2.45) is 0 Å². The summed E-state index contributed by atoms with van der Waals surface area (Å²) in [4.78, 5) is 12.1. The zero-order valence-electron chi connectivity index (χ0n) is 18.7. The summed E-state index contributed by atoms with van der Waals surface area (Å²) in [6.45, 7) is 7.61. The van der Waals surface area contributed by atoms with Gasteiger partial charge in [-0.15, -0.1) is 10.2 Å². The molecule has 2 N–H and O–H groups in total. The van der Waals surface area contributed by atoms with Crippen molar-refractivity contribution in [2.75, 3.05) is 10.6 Å². The van der Waals surface area contributed by atoms with E-state index in [0.717, 1.165) is 17.0 Å². The molecule has 0 atom stereocenters. The third-order valence-corrected chi connectivity index (χ3v) is 5.26. The standard InChI is InChI=1S/C24H23FN6O2/c1-14-5-6-19(13-21(14)25)27-24(32)26-18-7-9-20(10-8-18)33-23-12-11-22(28-29-23)31-17(4)15(2)16(3)30-31/h5-13H,1-4H3,(H2,26,27,32). The van der Waals surface area contributed by atoms with Crippen LogP contribution < -0.4 is 15.4 Å². The predicted octanol–water partition coefficient (Wildman–Crippen LogP) is 5.47. The van der Waals surface area contributed by atoms with Gasteiger partial charge >= 0.3 is 6.03 Å². The molecule has 8 nitrogen and oxygen atoms in total. The van der Waals surface area contributed by atoms with Gasteiger partial charge in [-0.05, 0) is 81.3 Å². The van der Waals surface area contributed by atoms with E-state index in [2.05, 4.69) is 25.9 Å². The Labute approximate surface area is 190 Å². The van der Waals surface area contributed by atoms with Gasteiger partial charge in [0.1, 0.15) is 11.6 Å². The lowest BCUT2D eigenvalue weighted by Crippen LogP contribution is -2.19. The lowest BCUT2D eigenvalue weighted by atomic mass is 10.2. The molecular weight excluding hydrogens is 423 g/mol. The number of nitrogens with one attached hydrogen (secondary N) is 2. The fraction of sp³-hybridized carbons (Fsp3) is 0.167. The van der Waals surface area contributed by atoms with Crippen LogP contribution in [0, 0.1) is 33.5 Å². The Bertz CT molecular complexity index is 1300. The second-order valence-corrected chi connectivity index (χ2v) is 7.61. The molecule has 2 aromatic carbocycles. The third-order valence-electron chi connectivity index (χ3n) is 5.26. The van der Waals surface area contributed by atoms with Crippen molar-refractivity contribution in [3.63, 3.8) is 0 Å². The van der Waals surface area contributed by atoms with Gasteiger partial charge in [0.15, 0.2) is 5.82 Å². The minimum absolute atomic E-state index is 0.330. The van der Waals surface area contributed by atoms with Gasteiger partial charge in [-0.25, -0.2) is 13.9 Å². The molecule has 33 heavy (non-hydrogen) atoms. The predicted molar refractivity (Wildman–Crippen MR) is 124 cm³/mol. The van der Waals surface area contributed by atoms with Crippen LogP contribution in [0.4, 0.5) is 20.6 Å². The molecule has 0 spiro atoms. The largest absolute Gasteiger partial charge is 0.438 e. The number of nitrogens with zero attached hydrogens (tertiary/aromatic N) is 4. The van der Waals surface area contributed by atoms with Crippen molar-refractivity contribution in [1.29, 1.82) is 0 Å². The molecule has 0 radical (unpaired) electrons. The van der Waals surface area contributed by atoms with Crippen molar-refractivity contribution in [2.45, 2.75) is 27.7 Å². The average Bonchev–Trinajstić information content (AvgIpc) is 3.05. The van der Waals surface area contributed by atoms with E-state index in [1.54, 1.807) is 60.1 Å². The van der Waals surface area contributed by atoms with Gasteiger partial charge in [-0.1, -0.05) is 6.07 Å². The molecule has 9 heteroatoms. The van der Waals surface area contributed by atoms with Gasteiger partial charge in [0, 0.05) is 23.1 Å². The van der Waals surface area contributed by atoms with Crippen LogP contribution in [0.3, 0.4) is 0 Å². The van der Waals surface area contributed by atoms with Crippen LogP contribution in [0.2, 0.25) is 0 Å². The normalized spacial score (nSPS) is 10.7. The van der Waals surface area contributed by atoms with E-state index in [4.69, 9.17) is 4.74 Å². The summed E-state index contributed by atoms with van der Waals surface area (Å²) in [5, 5.41) is 18.1. The van der Waals surface area contributed by atoms with E-state index in [9.17, 15) is 9.18 Å². The number of ether oxygens (including phenoxy) is 1. The fourth-order valence-corrected chi connectivity index (χ4v) is 3.12. The molecule has 0 aliphatic rings. The van der Waals surface area contributed by atoms with Gasteiger partial charge in [0.2, 0.25) is 5.88 Å². The van der Waals surface area contributed by atoms with Gasteiger partial charge in [0.05, 0.1) is 5.69 Å². The van der Waals surface area contributed by atoms with Crippen LogP contribution in [0.5, 0.6) is 11.6 Å². The molecule has 0 aliphatic heterocycles. The Morgan fingerprint density at radius 3 is 2.21 bits per heavy atom. The lowest BCUT2D eigenvalue weighted by Gasteiger charge is -2.10. The summed E-state index contributed by atoms with van der Waals surface area (Å²) in [5.74, 6) is 1.09. The molecule has 2 amide bonds. The third kappa shape index (κ3) is 4.98. The first-order valence-corrected chi connectivity index (χ1v) is 10.3. The van der Waals surface area contributed by atoms with Gasteiger partial charge < -0.3 is 15.4 Å². The Kier molecular flexibility index (Phi) is 6.03. The van der Waals surface area contributed by atoms with Crippen molar-refractivity contribution in [3.8, 4) is 17.4 Å². The van der Waals surface area contributed by atoms with Crippen molar-refractivity contribution in [3.05, 3.63) is 82.9 Å². The maximum atomic E-state index is 13.6. The van der Waals surface area contributed by atoms with E-state index in [0.29, 0.717) is 34.4 Å². The molecule has 0 saturated heterocycles. The second kappa shape index (κ2) is 9.07. The minimum atomic E-state index is -0.479. The summed E-state index contributed by atoms with van der Waals surface area (Å²) in [6.07, 6.45) is 0. The number of aromatic nitrogens is 4. The van der Waals surface area contributed by atoms with E-state index >= 15 is 0 Å². The number of carbonyl (C=O) groups excluding carboxylic acids is 1. The molecule has 0 saturated carbocycles. The van der Waals surface area contributed by atoms with Crippen LogP contribution in [0.15, 0.2) is 54.6 Å². The maximum absolute atomic E-state index is 13.6. The number of benzene rings is 2. The van der Waals surface area contributed by atoms with Crippen LogP contribution in [-0.2, 0) is 0 Å². The maximum Gasteiger partial charge on any atom is 0.323 e. The number of hydrogen-bond donors (Lipinski definition) is 2. The molecule has 0 aliphatic carbocycles. The van der Waals surface area contributed by atoms with E-state index < -0.39 is 6.03 Å². The highest BCUT2D eigenvalue weighted by molar-refractivity contribution is 5.99. The minimum Gasteiger partial charge on any atom is -0.438 e. The smallest absolute Gasteiger partial charge is 0.323 e. The number of aryl methyl sites for hydroxylation is 2. The molecule has 0 fully saturated rings. The quantitative estimate of drug-likeness (QED) is 0.424. The number of hydrogen-bond acceptors (Lipinski definition) is 5. The second-order valence-electron chi connectivity index (χ2n) is 7.61. The first-order valence-electron chi connectivity index (χ1n) is 10.3. The van der Waals surface area contributed by atoms with Gasteiger partial charge in [0.25, 0.3) is 0 Å². The fourth-order valence-electron chi connectivity index (χ4n) is 3.12. The molecule has 2 heterocycles. The molecule has 4 rings (SSSR count). The molecule has 0 unspecified atom stereocenters. The number of rotatable bonds is 5. The summed E-state index contributed by atoms with van der Waals surface area (Å²) in [6, 6.07) is 14.3. The van der Waals surface area contributed by atoms with E-state index in [1.807, 2.05) is 20.8 Å². The molecule has 0 bridgehead atoms. The Hall–Kier alpha value is -4.27. The summed E-state index contributed by atoms with van der Waals surface area (Å²) >= 11 is 0. The highest BCUT2D eigenvalue weighted by atomic mass is 19.1. The van der Waals surface area contributed by atoms with Crippen LogP contribution in [0.1, 0.15) is 22.5 Å². The van der Waals surface area contributed by atoms with Gasteiger partial charge in [-0.2, -0.15) is 5.10 Å². The Morgan fingerprint density at radius 2 is 1.61 bits per heavy atom. The van der Waals surface area contributed by atoms with Crippen LogP contribution >= 0.6 is 0 Å². The number of halogens is 1. The highest BCUT2D eigenvalue weighted by Gasteiger charge is 2.11. The first-order chi connectivity index (χ1) is 15.8. The number of anilines is 2. The number of urea groups is 1. The Balaban J connectivity index is 1.36. The van der Waals surface area contributed by atoms with E-state index in [1.165, 1.54) is 6.07 Å². The SMILES string of the molecule is Cc1ccc(NC(=O)Nc2ccc(Oc3ccc(-n4nc(C)c(C)c4C)nn3)cc2)cc1F. The average molecular weight is 446 g/mol. The number of carbonyl (C=O) groups is 1. The Morgan fingerprint density at radius 1 is 0.909 bits per heavy atom. The molecule has 168 valence electrons. The topological polar surface area (TPSA) is 94.0 Å². The highest BCUT2D eigenvalue weighted by Crippen LogP contribution is 2.22. The van der Waals surface area contributed by atoms with E-state index in [-0.39, 0.29) is 5.82 Å². The van der Waals surface area contributed by atoms with Crippen LogP contribution in [-0.4, -0.2) is 26.0 Å². The zero-order valence-corrected chi connectivity index (χ0v) is 18.7.